The molecule has 0 saturated heterocycles. The van der Waals surface area contributed by atoms with E-state index in [9.17, 15) is 14.0 Å². The average molecular weight is 315 g/mol. The van der Waals surface area contributed by atoms with Gasteiger partial charge in [-0.25, -0.2) is 9.18 Å². The predicted molar refractivity (Wildman–Crippen MR) is 85.3 cm³/mol. The van der Waals surface area contributed by atoms with Gasteiger partial charge in [-0.2, -0.15) is 0 Å². The van der Waals surface area contributed by atoms with E-state index in [1.165, 1.54) is 10.6 Å². The Morgan fingerprint density at radius 2 is 2.00 bits per heavy atom. The minimum absolute atomic E-state index is 0.219. The molecule has 1 saturated carbocycles. The van der Waals surface area contributed by atoms with Gasteiger partial charge in [-0.15, -0.1) is 0 Å². The highest BCUT2D eigenvalue weighted by molar-refractivity contribution is 5.48. The fourth-order valence-corrected chi connectivity index (χ4v) is 3.35. The van der Waals surface area contributed by atoms with Crippen molar-refractivity contribution in [1.29, 1.82) is 0 Å². The van der Waals surface area contributed by atoms with Gasteiger partial charge in [0.15, 0.2) is 0 Å². The third kappa shape index (κ3) is 2.20. The summed E-state index contributed by atoms with van der Waals surface area (Å²) in [6, 6.07) is 6.33. The number of rotatable bonds is 2. The molecule has 0 unspecified atom stereocenters. The molecule has 1 aromatic carbocycles. The van der Waals surface area contributed by atoms with Crippen LogP contribution in [0.5, 0.6) is 0 Å². The number of fused-ring (bicyclic) bond motifs is 1. The van der Waals surface area contributed by atoms with Crippen LogP contribution in [0, 0.1) is 5.82 Å². The summed E-state index contributed by atoms with van der Waals surface area (Å²) >= 11 is 0. The minimum atomic E-state index is -0.393. The summed E-state index contributed by atoms with van der Waals surface area (Å²) in [6.07, 6.45) is 2.83. The Morgan fingerprint density at radius 1 is 1.26 bits per heavy atom. The number of benzene rings is 1. The maximum Gasteiger partial charge on any atom is 0.330 e. The van der Waals surface area contributed by atoms with Crippen LogP contribution in [0.4, 0.5) is 10.2 Å². The molecule has 1 fully saturated rings. The van der Waals surface area contributed by atoms with Gasteiger partial charge in [0.05, 0.1) is 17.1 Å². The zero-order valence-corrected chi connectivity index (χ0v) is 12.9. The summed E-state index contributed by atoms with van der Waals surface area (Å²) < 4.78 is 15.3. The first-order valence-electron chi connectivity index (χ1n) is 7.89. The normalized spacial score (nSPS) is 21.4. The zero-order valence-electron chi connectivity index (χ0n) is 12.9. The van der Waals surface area contributed by atoms with Crippen molar-refractivity contribution in [3.05, 3.63) is 62.0 Å². The first-order valence-corrected chi connectivity index (χ1v) is 7.89. The number of H-pyrrole nitrogens is 1. The van der Waals surface area contributed by atoms with E-state index in [0.717, 1.165) is 12.8 Å². The molecule has 2 aliphatic rings. The van der Waals surface area contributed by atoms with Gasteiger partial charge in [-0.05, 0) is 38.7 Å². The number of halogens is 1. The smallest absolute Gasteiger partial charge is 0.330 e. The van der Waals surface area contributed by atoms with Crippen molar-refractivity contribution in [1.82, 2.24) is 9.55 Å². The first-order chi connectivity index (χ1) is 11.0. The fraction of sp³-hybridized carbons (Fsp3) is 0.412. The SMILES string of the molecule is CC1(n2c(=O)[nH]c3c(c2=O)CC[C@@H](c2ccccc2F)N3)CC1. The summed E-state index contributed by atoms with van der Waals surface area (Å²) in [5, 5.41) is 3.13. The molecule has 23 heavy (non-hydrogen) atoms. The minimum Gasteiger partial charge on any atom is -0.364 e. The second-order valence-corrected chi connectivity index (χ2v) is 6.68. The van der Waals surface area contributed by atoms with Crippen molar-refractivity contribution >= 4 is 5.82 Å². The molecular formula is C17H18FN3O2. The molecule has 0 radical (unpaired) electrons. The molecule has 1 aliphatic heterocycles. The van der Waals surface area contributed by atoms with Crippen LogP contribution in [-0.4, -0.2) is 9.55 Å². The van der Waals surface area contributed by atoms with Gasteiger partial charge < -0.3 is 5.32 Å². The molecule has 0 spiro atoms. The molecule has 120 valence electrons. The molecule has 2 aromatic rings. The second kappa shape index (κ2) is 4.81. The number of nitrogens with zero attached hydrogens (tertiary/aromatic N) is 1. The summed E-state index contributed by atoms with van der Waals surface area (Å²) in [5.41, 5.74) is 0.184. The maximum absolute atomic E-state index is 14.0. The Bertz CT molecular complexity index is 895. The van der Waals surface area contributed by atoms with Gasteiger partial charge in [0.25, 0.3) is 5.56 Å². The number of aromatic nitrogens is 2. The second-order valence-electron chi connectivity index (χ2n) is 6.68. The Morgan fingerprint density at radius 3 is 2.70 bits per heavy atom. The highest BCUT2D eigenvalue weighted by Gasteiger charge is 2.42. The van der Waals surface area contributed by atoms with Gasteiger partial charge in [0, 0.05) is 5.56 Å². The summed E-state index contributed by atoms with van der Waals surface area (Å²) in [4.78, 5) is 27.7. The molecule has 2 heterocycles. The lowest BCUT2D eigenvalue weighted by Crippen LogP contribution is -2.44. The van der Waals surface area contributed by atoms with E-state index in [4.69, 9.17) is 0 Å². The molecule has 1 aromatic heterocycles. The van der Waals surface area contributed by atoms with Crippen LogP contribution >= 0.6 is 0 Å². The monoisotopic (exact) mass is 315 g/mol. The van der Waals surface area contributed by atoms with Crippen LogP contribution < -0.4 is 16.6 Å². The van der Waals surface area contributed by atoms with E-state index in [2.05, 4.69) is 10.3 Å². The van der Waals surface area contributed by atoms with Crippen molar-refractivity contribution < 1.29 is 4.39 Å². The summed E-state index contributed by atoms with van der Waals surface area (Å²) in [7, 11) is 0. The van der Waals surface area contributed by atoms with Crippen LogP contribution in [0.3, 0.4) is 0 Å². The van der Waals surface area contributed by atoms with E-state index in [0.29, 0.717) is 29.8 Å². The third-order valence-corrected chi connectivity index (χ3v) is 4.99. The summed E-state index contributed by atoms with van der Waals surface area (Å²) in [5.74, 6) is 0.148. The van der Waals surface area contributed by atoms with Crippen molar-refractivity contribution in [2.45, 2.75) is 44.2 Å². The van der Waals surface area contributed by atoms with E-state index < -0.39 is 5.69 Å². The van der Waals surface area contributed by atoms with Gasteiger partial charge in [0.2, 0.25) is 0 Å². The van der Waals surface area contributed by atoms with E-state index in [1.54, 1.807) is 18.2 Å². The van der Waals surface area contributed by atoms with Crippen molar-refractivity contribution in [3.8, 4) is 0 Å². The fourth-order valence-electron chi connectivity index (χ4n) is 3.35. The van der Waals surface area contributed by atoms with Crippen LogP contribution in [0.1, 0.15) is 43.4 Å². The molecule has 1 aliphatic carbocycles. The highest BCUT2D eigenvalue weighted by Crippen LogP contribution is 2.41. The molecule has 2 N–H and O–H groups in total. The molecular weight excluding hydrogens is 297 g/mol. The molecule has 4 rings (SSSR count). The Labute approximate surface area is 132 Å². The zero-order chi connectivity index (χ0) is 16.2. The standard InChI is InChI=1S/C17H18FN3O2/c1-17(8-9-17)21-15(22)11-6-7-13(19-14(11)20-16(21)23)10-4-2-3-5-12(10)18/h2-5,13,19H,6-9H2,1H3,(H,20,23)/t13-/m0/s1. The van der Waals surface area contributed by atoms with Crippen LogP contribution in [0.15, 0.2) is 33.9 Å². The van der Waals surface area contributed by atoms with Gasteiger partial charge in [-0.3, -0.25) is 14.3 Å². The Kier molecular flexibility index (Phi) is 2.98. The van der Waals surface area contributed by atoms with Crippen molar-refractivity contribution in [2.24, 2.45) is 0 Å². The van der Waals surface area contributed by atoms with Gasteiger partial charge in [0.1, 0.15) is 11.6 Å². The predicted octanol–water partition coefficient (Wildman–Crippen LogP) is 2.28. The van der Waals surface area contributed by atoms with Crippen LogP contribution in [0.2, 0.25) is 0 Å². The number of hydrogen-bond acceptors (Lipinski definition) is 3. The largest absolute Gasteiger partial charge is 0.364 e. The lowest BCUT2D eigenvalue weighted by Gasteiger charge is -2.27. The van der Waals surface area contributed by atoms with E-state index >= 15 is 0 Å². The van der Waals surface area contributed by atoms with Crippen molar-refractivity contribution in [2.75, 3.05) is 5.32 Å². The molecule has 6 heteroatoms. The van der Waals surface area contributed by atoms with Gasteiger partial charge in [-0.1, -0.05) is 18.2 Å². The first kappa shape index (κ1) is 14.2. The number of aromatic amines is 1. The average Bonchev–Trinajstić information content (AvgIpc) is 3.25. The lowest BCUT2D eigenvalue weighted by molar-refractivity contribution is 0.476. The maximum atomic E-state index is 14.0. The van der Waals surface area contributed by atoms with E-state index in [1.807, 2.05) is 6.92 Å². The number of anilines is 1. The topological polar surface area (TPSA) is 66.9 Å². The lowest BCUT2D eigenvalue weighted by atomic mass is 9.95. The molecule has 0 amide bonds. The number of hydrogen-bond donors (Lipinski definition) is 2. The third-order valence-electron chi connectivity index (χ3n) is 4.99. The Balaban J connectivity index is 1.76. The quantitative estimate of drug-likeness (QED) is 0.893. The van der Waals surface area contributed by atoms with Crippen LogP contribution in [0.25, 0.3) is 0 Å². The molecule has 0 bridgehead atoms. The molecule has 5 nitrogen and oxygen atoms in total. The summed E-state index contributed by atoms with van der Waals surface area (Å²) in [6.45, 7) is 1.93. The molecule has 1 atom stereocenters. The number of nitrogens with one attached hydrogen (secondary N) is 2. The Hall–Kier alpha value is -2.37. The van der Waals surface area contributed by atoms with Crippen LogP contribution in [-0.2, 0) is 12.0 Å². The highest BCUT2D eigenvalue weighted by atomic mass is 19.1. The van der Waals surface area contributed by atoms with Gasteiger partial charge >= 0.3 is 5.69 Å². The van der Waals surface area contributed by atoms with E-state index in [-0.39, 0.29) is 23.0 Å². The van der Waals surface area contributed by atoms with Crippen molar-refractivity contribution in [3.63, 3.8) is 0 Å².